The van der Waals surface area contributed by atoms with Crippen LogP contribution in [0.3, 0.4) is 0 Å². The Balaban J connectivity index is 0.627. The normalized spacial score (nSPS) is 13.7. The molecule has 0 spiro atoms. The van der Waals surface area contributed by atoms with E-state index in [1.807, 2.05) is 72.8 Å². The van der Waals surface area contributed by atoms with Crippen molar-refractivity contribution in [2.45, 2.75) is 60.8 Å². The molecular weight excluding hydrogens is 1510 g/mol. The number of hydrogen-bond acceptors (Lipinski definition) is 14. The van der Waals surface area contributed by atoms with E-state index in [0.717, 1.165) is 75.8 Å². The third-order valence-corrected chi connectivity index (χ3v) is 24.6. The van der Waals surface area contributed by atoms with Gasteiger partial charge in [-0.3, -0.25) is 72.2 Å². The summed E-state index contributed by atoms with van der Waals surface area (Å²) in [5, 5.41) is 15.8. The molecule has 20 rings (SSSR count). The van der Waals surface area contributed by atoms with E-state index in [-0.39, 0.29) is 101 Å². The Hall–Kier alpha value is -13.8. The maximum absolute atomic E-state index is 15.1. The predicted molar refractivity (Wildman–Crippen MR) is 448 cm³/mol. The number of halogens is 1. The summed E-state index contributed by atoms with van der Waals surface area (Å²) in [6.45, 7) is 8.96. The molecule has 17 nitrogen and oxygen atoms in total. The Bertz CT molecular complexity index is 7310. The fourth-order valence-corrected chi connectivity index (χ4v) is 19.2. The summed E-state index contributed by atoms with van der Waals surface area (Å²) in [5.74, 6) is -3.01. The molecule has 3 aliphatic heterocycles. The van der Waals surface area contributed by atoms with Crippen LogP contribution >= 0.6 is 15.9 Å². The summed E-state index contributed by atoms with van der Waals surface area (Å²) >= 11 is 3.48. The van der Waals surface area contributed by atoms with Crippen LogP contribution in [0.2, 0.25) is 0 Å². The highest BCUT2D eigenvalue weighted by atomic mass is 79.9. The first-order valence-corrected chi connectivity index (χ1v) is 39.1. The Kier molecular flexibility index (Phi) is 15.6. The van der Waals surface area contributed by atoms with Gasteiger partial charge in [-0.25, -0.2) is 0 Å². The number of ether oxygens (including phenoxy) is 2. The molecule has 17 aromatic rings. The van der Waals surface area contributed by atoms with Gasteiger partial charge in [0.2, 0.25) is 0 Å². The first-order chi connectivity index (χ1) is 55.5. The van der Waals surface area contributed by atoms with Gasteiger partial charge in [0.15, 0.2) is 34.7 Å². The average Bonchev–Trinajstić information content (AvgIpc) is 0.680. The second kappa shape index (κ2) is 25.6. The van der Waals surface area contributed by atoms with E-state index in [0.29, 0.717) is 132 Å². The van der Waals surface area contributed by atoms with Gasteiger partial charge in [0, 0.05) is 140 Å². The van der Waals surface area contributed by atoms with Gasteiger partial charge in [0.1, 0.15) is 23.0 Å². The lowest BCUT2D eigenvalue weighted by Gasteiger charge is -2.29. The number of carbonyl (C=O) groups excluding carboxylic acids is 12. The fourth-order valence-electron chi connectivity index (χ4n) is 18.9. The number of fused-ring (bicyclic) bond motifs is 6. The van der Waals surface area contributed by atoms with Gasteiger partial charge < -0.3 is 9.47 Å². The second-order valence-electron chi connectivity index (χ2n) is 30.4. The fraction of sp³-hybridized carbons (Fsp3) is 0.134. The molecule has 0 fully saturated rings. The standard InChI is InChI=1S/C97H62BrN3O14/c1-44(102)54-16-21-59-63-25-31-69-85-70(32-26-64(83(63)85)60-22-17-55(45(2)103)78(54)81(59)60)94(110)100(93(69)109)40-36-50-8-12-52(13-9-50)114-76-42-74(49(6)107)80-58(48(5)106)20-29-67-89-77(43-75-87-73(92(108)99(97(75)113)39-7-38-98)35-30-68(91(87)89)88(76)90(67)80)115-53-14-10-51(11-15-53)37-41-101-95(111)71-33-27-65-61-23-18-56(46(3)104)79-57(47(4)105)19-24-62(82(61)79)66-28-34-72(96(101)112)86(71)84(65)66/h8-35,42-43H,7,36-41H2,1-6H3. The molecule has 17 aromatic carbocycles. The molecule has 3 aliphatic rings. The molecule has 0 atom stereocenters. The highest BCUT2D eigenvalue weighted by molar-refractivity contribution is 9.09. The summed E-state index contributed by atoms with van der Waals surface area (Å²) < 4.78 is 14.0. The quantitative estimate of drug-likeness (QED) is 0.0241. The van der Waals surface area contributed by atoms with Crippen LogP contribution in [0, 0.1) is 0 Å². The monoisotopic (exact) mass is 1570 g/mol. The summed E-state index contributed by atoms with van der Waals surface area (Å²) in [7, 11) is 0. The zero-order valence-corrected chi connectivity index (χ0v) is 64.3. The van der Waals surface area contributed by atoms with E-state index < -0.39 is 35.4 Å². The van der Waals surface area contributed by atoms with Gasteiger partial charge in [-0.05, 0) is 214 Å². The smallest absolute Gasteiger partial charge is 0.261 e. The number of carbonyl (C=O) groups is 12. The number of imide groups is 3. The van der Waals surface area contributed by atoms with Crippen LogP contribution in [0.4, 0.5) is 0 Å². The van der Waals surface area contributed by atoms with Crippen molar-refractivity contribution in [3.8, 4) is 23.0 Å². The molecule has 0 bridgehead atoms. The van der Waals surface area contributed by atoms with E-state index in [1.54, 1.807) is 109 Å². The highest BCUT2D eigenvalue weighted by Crippen LogP contribution is 2.54. The molecule has 0 saturated heterocycles. The van der Waals surface area contributed by atoms with Gasteiger partial charge in [0.25, 0.3) is 35.4 Å². The molecule has 556 valence electrons. The number of Topliss-reactive ketones (excluding diaryl/α,β-unsaturated/α-hetero) is 6. The van der Waals surface area contributed by atoms with Crippen molar-refractivity contribution in [2.75, 3.05) is 25.0 Å². The number of benzene rings is 17. The molecule has 18 heteroatoms. The number of amides is 6. The van der Waals surface area contributed by atoms with Crippen molar-refractivity contribution < 1.29 is 67.0 Å². The van der Waals surface area contributed by atoms with Crippen molar-refractivity contribution in [2.24, 2.45) is 0 Å². The zero-order valence-electron chi connectivity index (χ0n) is 62.7. The molecule has 6 amide bonds. The number of nitrogens with zero attached hydrogens (tertiary/aromatic N) is 3. The lowest BCUT2D eigenvalue weighted by molar-refractivity contribution is 0.0596. The number of alkyl halides is 1. The van der Waals surface area contributed by atoms with Crippen LogP contribution in [0.15, 0.2) is 182 Å². The molecule has 0 aromatic heterocycles. The molecule has 115 heavy (non-hydrogen) atoms. The Morgan fingerprint density at radius 1 is 0.261 bits per heavy atom. The van der Waals surface area contributed by atoms with Crippen molar-refractivity contribution >= 4 is 215 Å². The Labute approximate surface area is 661 Å². The van der Waals surface area contributed by atoms with Crippen molar-refractivity contribution in [1.82, 2.24) is 14.7 Å². The highest BCUT2D eigenvalue weighted by Gasteiger charge is 2.40. The van der Waals surface area contributed by atoms with Crippen LogP contribution in [0.25, 0.3) is 129 Å². The van der Waals surface area contributed by atoms with Crippen LogP contribution in [0.5, 0.6) is 23.0 Å². The van der Waals surface area contributed by atoms with E-state index in [4.69, 9.17) is 9.47 Å². The largest absolute Gasteiger partial charge is 0.457 e. The van der Waals surface area contributed by atoms with Gasteiger partial charge in [-0.1, -0.05) is 131 Å². The van der Waals surface area contributed by atoms with Gasteiger partial charge in [-0.2, -0.15) is 0 Å². The maximum atomic E-state index is 15.1. The lowest BCUT2D eigenvalue weighted by atomic mass is 9.81. The van der Waals surface area contributed by atoms with E-state index in [1.165, 1.54) is 56.2 Å². The number of ketones is 6. The van der Waals surface area contributed by atoms with Crippen molar-refractivity contribution in [3.05, 3.63) is 260 Å². The predicted octanol–water partition coefficient (Wildman–Crippen LogP) is 20.7. The van der Waals surface area contributed by atoms with Crippen molar-refractivity contribution in [1.29, 1.82) is 0 Å². The van der Waals surface area contributed by atoms with E-state index >= 15 is 4.79 Å². The zero-order chi connectivity index (χ0) is 79.5. The molecule has 0 aliphatic carbocycles. The maximum Gasteiger partial charge on any atom is 0.261 e. The molecule has 0 radical (unpaired) electrons. The summed E-state index contributed by atoms with van der Waals surface area (Å²) in [6, 6.07) is 53.5. The molecule has 3 heterocycles. The third kappa shape index (κ3) is 10.0. The van der Waals surface area contributed by atoms with Crippen LogP contribution in [-0.2, 0) is 12.8 Å². The molecule has 0 unspecified atom stereocenters. The first-order valence-electron chi connectivity index (χ1n) is 37.9. The van der Waals surface area contributed by atoms with Crippen LogP contribution < -0.4 is 9.47 Å². The first kappa shape index (κ1) is 70.3. The van der Waals surface area contributed by atoms with E-state index in [9.17, 15) is 52.7 Å². The summed E-state index contributed by atoms with van der Waals surface area (Å²) in [5.41, 5.74) is 5.72. The minimum Gasteiger partial charge on any atom is -0.457 e. The number of hydrogen-bond donors (Lipinski definition) is 0. The lowest BCUT2D eigenvalue weighted by Crippen LogP contribution is -2.41. The molecular formula is C97H62BrN3O14. The summed E-state index contributed by atoms with van der Waals surface area (Å²) in [4.78, 5) is 173. The Morgan fingerprint density at radius 2 is 0.522 bits per heavy atom. The van der Waals surface area contributed by atoms with Crippen LogP contribution in [-0.4, -0.2) is 110 Å². The molecule has 0 saturated carbocycles. The average molecular weight is 1570 g/mol. The molecule has 0 N–H and O–H groups in total. The van der Waals surface area contributed by atoms with Crippen molar-refractivity contribution in [3.63, 3.8) is 0 Å². The van der Waals surface area contributed by atoms with Gasteiger partial charge >= 0.3 is 0 Å². The SMILES string of the molecule is CC(=O)c1ccc2c3ccc4c5c(ccc(c6ccc(C(C)=O)c1c26)c53)C(=O)N(CCc1ccc(Oc2cc(C(C)=O)c3c(C(C)=O)ccc5c6c(Oc7ccc(CCN8C(=O)c9ccc%10c%11ccc(C(C)=O)c%12c(C(C)=O)ccc(c%13ccc(c9c%10%13)C8=O)c%12%11)cc7)cc7c8c(ccc(c2c35)c86)C(=O)N(CCCBr)C7=O)cc1)C4=O. The van der Waals surface area contributed by atoms with Gasteiger partial charge in [0.05, 0.1) is 5.56 Å². The van der Waals surface area contributed by atoms with Gasteiger partial charge in [-0.15, -0.1) is 0 Å². The Morgan fingerprint density at radius 3 is 0.852 bits per heavy atom. The minimum absolute atomic E-state index is 0.0327. The third-order valence-electron chi connectivity index (χ3n) is 24.0. The topological polar surface area (TPSA) is 233 Å². The minimum atomic E-state index is -0.531. The van der Waals surface area contributed by atoms with E-state index in [2.05, 4.69) is 15.9 Å². The number of rotatable bonds is 19. The summed E-state index contributed by atoms with van der Waals surface area (Å²) in [6.07, 6.45) is 1.01. The second-order valence-corrected chi connectivity index (χ2v) is 31.2. The van der Waals surface area contributed by atoms with Crippen LogP contribution in [0.1, 0.15) is 183 Å².